The molecule has 28 heavy (non-hydrogen) atoms. The van der Waals surface area contributed by atoms with E-state index in [0.717, 1.165) is 42.0 Å². The SMILES string of the molecule is Cc1ccc(-c2cn3c(CCN(C(=O)CC(C)(C)C)C4CC4)csc3n2)cc1. The molecule has 1 fully saturated rings. The molecule has 1 saturated carbocycles. The van der Waals surface area contributed by atoms with Gasteiger partial charge in [-0.15, -0.1) is 11.3 Å². The van der Waals surface area contributed by atoms with Crippen molar-refractivity contribution in [2.75, 3.05) is 6.54 Å². The van der Waals surface area contributed by atoms with E-state index in [-0.39, 0.29) is 5.41 Å². The van der Waals surface area contributed by atoms with Crippen molar-refractivity contribution in [2.24, 2.45) is 5.41 Å². The van der Waals surface area contributed by atoms with E-state index in [1.165, 1.54) is 11.3 Å². The number of benzene rings is 1. The third-order valence-electron chi connectivity index (χ3n) is 5.23. The fraction of sp³-hybridized carbons (Fsp3) is 0.478. The van der Waals surface area contributed by atoms with Crippen molar-refractivity contribution in [2.45, 2.75) is 59.4 Å². The third-order valence-corrected chi connectivity index (χ3v) is 6.12. The largest absolute Gasteiger partial charge is 0.339 e. The molecule has 1 aliphatic carbocycles. The molecule has 0 aliphatic heterocycles. The molecule has 148 valence electrons. The summed E-state index contributed by atoms with van der Waals surface area (Å²) in [6, 6.07) is 8.95. The summed E-state index contributed by atoms with van der Waals surface area (Å²) in [5.41, 5.74) is 4.68. The van der Waals surface area contributed by atoms with E-state index in [2.05, 4.69) is 72.8 Å². The van der Waals surface area contributed by atoms with E-state index in [1.807, 2.05) is 0 Å². The van der Waals surface area contributed by atoms with Crippen LogP contribution in [-0.2, 0) is 11.2 Å². The number of hydrogen-bond donors (Lipinski definition) is 0. The average molecular weight is 396 g/mol. The molecule has 0 N–H and O–H groups in total. The maximum absolute atomic E-state index is 12.8. The van der Waals surface area contributed by atoms with Crippen LogP contribution < -0.4 is 0 Å². The minimum Gasteiger partial charge on any atom is -0.339 e. The molecule has 1 aliphatic rings. The van der Waals surface area contributed by atoms with E-state index in [4.69, 9.17) is 4.98 Å². The minimum absolute atomic E-state index is 0.0349. The summed E-state index contributed by atoms with van der Waals surface area (Å²) in [4.78, 5) is 20.7. The molecular weight excluding hydrogens is 366 g/mol. The molecular formula is C23H29N3OS. The van der Waals surface area contributed by atoms with E-state index in [9.17, 15) is 4.79 Å². The van der Waals surface area contributed by atoms with Gasteiger partial charge >= 0.3 is 0 Å². The third kappa shape index (κ3) is 4.30. The highest BCUT2D eigenvalue weighted by atomic mass is 32.1. The number of hydrogen-bond acceptors (Lipinski definition) is 3. The van der Waals surface area contributed by atoms with Crippen molar-refractivity contribution in [3.8, 4) is 11.3 Å². The lowest BCUT2D eigenvalue weighted by molar-refractivity contribution is -0.133. The Morgan fingerprint density at radius 1 is 1.25 bits per heavy atom. The van der Waals surface area contributed by atoms with Crippen LogP contribution >= 0.6 is 11.3 Å². The summed E-state index contributed by atoms with van der Waals surface area (Å²) in [5, 5.41) is 2.18. The van der Waals surface area contributed by atoms with Crippen LogP contribution in [0.5, 0.6) is 0 Å². The van der Waals surface area contributed by atoms with Gasteiger partial charge in [0.1, 0.15) is 0 Å². The molecule has 0 unspecified atom stereocenters. The molecule has 0 atom stereocenters. The highest BCUT2D eigenvalue weighted by Gasteiger charge is 2.33. The topological polar surface area (TPSA) is 37.6 Å². The van der Waals surface area contributed by atoms with E-state index < -0.39 is 0 Å². The molecule has 2 heterocycles. The van der Waals surface area contributed by atoms with Gasteiger partial charge in [0.25, 0.3) is 0 Å². The van der Waals surface area contributed by atoms with Crippen molar-refractivity contribution < 1.29 is 4.79 Å². The number of nitrogens with zero attached hydrogens (tertiary/aromatic N) is 3. The fourth-order valence-corrected chi connectivity index (χ4v) is 4.47. The lowest BCUT2D eigenvalue weighted by Crippen LogP contribution is -2.37. The zero-order chi connectivity index (χ0) is 19.9. The summed E-state index contributed by atoms with van der Waals surface area (Å²) in [5.74, 6) is 0.299. The van der Waals surface area contributed by atoms with Crippen molar-refractivity contribution in [3.63, 3.8) is 0 Å². The monoisotopic (exact) mass is 395 g/mol. The molecule has 4 nitrogen and oxygen atoms in total. The molecule has 5 heteroatoms. The van der Waals surface area contributed by atoms with E-state index in [0.29, 0.717) is 18.4 Å². The van der Waals surface area contributed by atoms with Crippen molar-refractivity contribution in [1.82, 2.24) is 14.3 Å². The second-order valence-corrected chi connectivity index (χ2v) is 10.0. The number of amides is 1. The normalized spacial score (nSPS) is 14.6. The van der Waals surface area contributed by atoms with Crippen LogP contribution in [0.4, 0.5) is 0 Å². The van der Waals surface area contributed by atoms with Crippen molar-refractivity contribution >= 4 is 22.2 Å². The quantitative estimate of drug-likeness (QED) is 0.565. The number of carbonyl (C=O) groups excluding carboxylic acids is 1. The lowest BCUT2D eigenvalue weighted by Gasteiger charge is -2.26. The molecule has 2 aromatic heterocycles. The Morgan fingerprint density at radius 2 is 1.96 bits per heavy atom. The first kappa shape index (κ1) is 19.2. The van der Waals surface area contributed by atoms with Gasteiger partial charge in [0.05, 0.1) is 5.69 Å². The Morgan fingerprint density at radius 3 is 2.61 bits per heavy atom. The van der Waals surface area contributed by atoms with Crippen molar-refractivity contribution in [3.05, 3.63) is 47.1 Å². The Labute approximate surface area is 171 Å². The number of aromatic nitrogens is 2. The predicted molar refractivity (Wildman–Crippen MR) is 116 cm³/mol. The summed E-state index contributed by atoms with van der Waals surface area (Å²) in [6.45, 7) is 9.30. The highest BCUT2D eigenvalue weighted by Crippen LogP contribution is 2.31. The van der Waals surface area contributed by atoms with Crippen LogP contribution in [0.1, 0.15) is 51.3 Å². The summed E-state index contributed by atoms with van der Waals surface area (Å²) < 4.78 is 2.19. The molecule has 0 radical (unpaired) electrons. The lowest BCUT2D eigenvalue weighted by atomic mass is 9.91. The number of thiazole rings is 1. The summed E-state index contributed by atoms with van der Waals surface area (Å²) >= 11 is 1.68. The zero-order valence-electron chi connectivity index (χ0n) is 17.2. The summed E-state index contributed by atoms with van der Waals surface area (Å²) in [6.07, 6.45) is 5.92. The van der Waals surface area contributed by atoms with Gasteiger partial charge < -0.3 is 4.90 Å². The number of aryl methyl sites for hydroxylation is 1. The first-order valence-electron chi connectivity index (χ1n) is 10.1. The zero-order valence-corrected chi connectivity index (χ0v) is 18.1. The first-order chi connectivity index (χ1) is 13.3. The Kier molecular flexibility index (Phi) is 5.04. The maximum atomic E-state index is 12.8. The molecule has 4 rings (SSSR count). The van der Waals surface area contributed by atoms with Gasteiger partial charge in [-0.2, -0.15) is 0 Å². The van der Waals surface area contributed by atoms with Gasteiger partial charge in [0.15, 0.2) is 4.96 Å². The van der Waals surface area contributed by atoms with Gasteiger partial charge in [-0.05, 0) is 25.2 Å². The highest BCUT2D eigenvalue weighted by molar-refractivity contribution is 7.15. The number of carbonyl (C=O) groups is 1. The van der Waals surface area contributed by atoms with Crippen LogP contribution in [0.3, 0.4) is 0 Å². The van der Waals surface area contributed by atoms with Gasteiger partial charge in [-0.25, -0.2) is 4.98 Å². The van der Waals surface area contributed by atoms with Gasteiger partial charge in [0.2, 0.25) is 5.91 Å². The van der Waals surface area contributed by atoms with Crippen LogP contribution in [0, 0.1) is 12.3 Å². The summed E-state index contributed by atoms with van der Waals surface area (Å²) in [7, 11) is 0. The van der Waals surface area contributed by atoms with Crippen molar-refractivity contribution in [1.29, 1.82) is 0 Å². The molecule has 0 bridgehead atoms. The predicted octanol–water partition coefficient (Wildman–Crippen LogP) is 5.34. The van der Waals surface area contributed by atoms with Gasteiger partial charge in [-0.3, -0.25) is 9.20 Å². The number of rotatable bonds is 6. The van der Waals surface area contributed by atoms with Crippen LogP contribution in [0.2, 0.25) is 0 Å². The molecule has 0 saturated heterocycles. The molecule has 0 spiro atoms. The molecule has 1 aromatic carbocycles. The first-order valence-corrected chi connectivity index (χ1v) is 11.0. The van der Waals surface area contributed by atoms with Crippen LogP contribution in [0.25, 0.3) is 16.2 Å². The Balaban J connectivity index is 1.49. The number of imidazole rings is 1. The second kappa shape index (κ2) is 7.36. The minimum atomic E-state index is 0.0349. The molecule has 3 aromatic rings. The Hall–Kier alpha value is -2.14. The van der Waals surface area contributed by atoms with Crippen LogP contribution in [0.15, 0.2) is 35.8 Å². The average Bonchev–Trinajstić information content (AvgIpc) is 3.24. The number of fused-ring (bicyclic) bond motifs is 1. The van der Waals surface area contributed by atoms with Gasteiger partial charge in [0, 0.05) is 48.3 Å². The smallest absolute Gasteiger partial charge is 0.223 e. The van der Waals surface area contributed by atoms with Gasteiger partial charge in [-0.1, -0.05) is 50.6 Å². The standard InChI is InChI=1S/C23H29N3OS/c1-16-5-7-17(8-6-16)20-14-26-19(15-28-22(26)24-20)11-12-25(18-9-10-18)21(27)13-23(2,3)4/h5-8,14-15,18H,9-13H2,1-4H3. The Bertz CT molecular complexity index is 974. The maximum Gasteiger partial charge on any atom is 0.223 e. The fourth-order valence-electron chi connectivity index (χ4n) is 3.56. The second-order valence-electron chi connectivity index (χ2n) is 9.18. The van der Waals surface area contributed by atoms with E-state index in [1.54, 1.807) is 11.3 Å². The van der Waals surface area contributed by atoms with E-state index >= 15 is 0 Å². The molecule has 1 amide bonds. The van der Waals surface area contributed by atoms with Crippen LogP contribution in [-0.4, -0.2) is 32.8 Å².